The highest BCUT2D eigenvalue weighted by atomic mass is 79.9. The minimum atomic E-state index is -1.14. The molecule has 0 bridgehead atoms. The summed E-state index contributed by atoms with van der Waals surface area (Å²) in [7, 11) is 0. The maximum absolute atomic E-state index is 6.66. The van der Waals surface area contributed by atoms with Gasteiger partial charge in [-0.2, -0.15) is 5.10 Å². The third kappa shape index (κ3) is 4.14. The zero-order valence-electron chi connectivity index (χ0n) is 17.3. The Bertz CT molecular complexity index is 1030. The van der Waals surface area contributed by atoms with Gasteiger partial charge in [0.1, 0.15) is 5.82 Å². The zero-order valence-corrected chi connectivity index (χ0v) is 19.6. The molecule has 2 atom stereocenters. The lowest BCUT2D eigenvalue weighted by Crippen LogP contribution is -2.52. The summed E-state index contributed by atoms with van der Waals surface area (Å²) >= 11 is 9.99. The van der Waals surface area contributed by atoms with Crippen molar-refractivity contribution in [2.45, 2.75) is 52.0 Å². The van der Waals surface area contributed by atoms with Gasteiger partial charge in [-0.25, -0.2) is 9.67 Å². The van der Waals surface area contributed by atoms with Crippen LogP contribution < -0.4 is 16.4 Å². The number of hydrogen-bond acceptors (Lipinski definition) is 6. The summed E-state index contributed by atoms with van der Waals surface area (Å²) in [5.74, 6) is 0.0902. The number of hydrogen-bond donors (Lipinski definition) is 3. The average molecular weight is 494 g/mol. The molecule has 4 N–H and O–H groups in total. The summed E-state index contributed by atoms with van der Waals surface area (Å²) in [4.78, 5) is 4.48. The molecule has 1 aromatic heterocycles. The second-order valence-corrected chi connectivity index (χ2v) is 9.11. The molecular weight excluding hydrogens is 468 g/mol. The summed E-state index contributed by atoms with van der Waals surface area (Å²) in [5, 5.41) is 11.6. The van der Waals surface area contributed by atoms with Crippen molar-refractivity contribution in [2.75, 3.05) is 11.9 Å². The number of nitrogens with zero attached hydrogens (tertiary/aromatic N) is 3. The van der Waals surface area contributed by atoms with Gasteiger partial charge in [-0.05, 0) is 63.3 Å². The number of ether oxygens (including phenoxy) is 1. The average Bonchev–Trinajstić information content (AvgIpc) is 3.08. The quantitative estimate of drug-likeness (QED) is 0.582. The van der Waals surface area contributed by atoms with Crippen LogP contribution in [0.2, 0.25) is 0 Å². The van der Waals surface area contributed by atoms with Gasteiger partial charge in [0.25, 0.3) is 0 Å². The molecule has 9 heteroatoms. The van der Waals surface area contributed by atoms with Gasteiger partial charge in [0.05, 0.1) is 5.03 Å². The normalized spacial score (nSPS) is 24.1. The summed E-state index contributed by atoms with van der Waals surface area (Å²) in [6.45, 7) is 6.81. The highest BCUT2D eigenvalue weighted by Crippen LogP contribution is 2.31. The molecule has 1 saturated heterocycles. The van der Waals surface area contributed by atoms with Crippen molar-refractivity contribution in [3.63, 3.8) is 0 Å². The smallest absolute Gasteiger partial charge is 0.210 e. The first-order chi connectivity index (χ1) is 14.3. The van der Waals surface area contributed by atoms with E-state index in [0.717, 1.165) is 52.7 Å². The predicted octanol–water partition coefficient (Wildman–Crippen LogP) is 4.53. The first-order valence-electron chi connectivity index (χ1n) is 10.0. The van der Waals surface area contributed by atoms with E-state index in [0.29, 0.717) is 16.7 Å². The van der Waals surface area contributed by atoms with Gasteiger partial charge < -0.3 is 15.4 Å². The van der Waals surface area contributed by atoms with Crippen LogP contribution in [0.5, 0.6) is 0 Å². The van der Waals surface area contributed by atoms with Crippen LogP contribution in [0.3, 0.4) is 0 Å². The van der Waals surface area contributed by atoms with E-state index in [2.05, 4.69) is 36.7 Å². The number of rotatable bonds is 4. The molecule has 2 aromatic rings. The van der Waals surface area contributed by atoms with Crippen molar-refractivity contribution < 1.29 is 4.74 Å². The van der Waals surface area contributed by atoms with Crippen LogP contribution >= 0.6 is 27.5 Å². The number of allylic oxidation sites excluding steroid dienone is 1. The van der Waals surface area contributed by atoms with Gasteiger partial charge in [0.15, 0.2) is 12.0 Å². The molecule has 0 saturated carbocycles. The zero-order chi connectivity index (χ0) is 21.5. The first-order valence-corrected chi connectivity index (χ1v) is 11.2. The molecular formula is C21H26BrClN6O. The molecule has 1 fully saturated rings. The second kappa shape index (κ2) is 8.34. The Balaban J connectivity index is 1.58. The molecule has 7 nitrogen and oxygen atoms in total. The number of nitrogens with one attached hydrogen (secondary N) is 2. The maximum atomic E-state index is 6.66. The van der Waals surface area contributed by atoms with Crippen molar-refractivity contribution in [3.05, 3.63) is 55.9 Å². The Morgan fingerprint density at radius 2 is 2.07 bits per heavy atom. The lowest BCUT2D eigenvalue weighted by atomic mass is 9.99. The Labute approximate surface area is 189 Å². The van der Waals surface area contributed by atoms with E-state index in [9.17, 15) is 0 Å². The van der Waals surface area contributed by atoms with Crippen molar-refractivity contribution >= 4 is 39.6 Å². The SMILES string of the molecule is Cc1cc(C2(N)N=CC(Cl)=C(Nc3cc(C)n(C4CCCCO4)n3)N2)c(C)cc1Br. The highest BCUT2D eigenvalue weighted by molar-refractivity contribution is 9.10. The Morgan fingerprint density at radius 1 is 1.27 bits per heavy atom. The van der Waals surface area contributed by atoms with Gasteiger partial charge in [-0.15, -0.1) is 0 Å². The third-order valence-corrected chi connectivity index (χ3v) is 6.60. The fourth-order valence-electron chi connectivity index (χ4n) is 3.81. The van der Waals surface area contributed by atoms with Crippen molar-refractivity contribution in [1.29, 1.82) is 0 Å². The number of anilines is 1. The molecule has 0 aliphatic carbocycles. The number of aliphatic imine (C=N–C) groups is 1. The van der Waals surface area contributed by atoms with Crippen molar-refractivity contribution in [3.8, 4) is 0 Å². The third-order valence-electron chi connectivity index (χ3n) is 5.46. The summed E-state index contributed by atoms with van der Waals surface area (Å²) in [6.07, 6.45) is 4.75. The van der Waals surface area contributed by atoms with Gasteiger partial charge in [-0.3, -0.25) is 5.73 Å². The maximum Gasteiger partial charge on any atom is 0.210 e. The Kier molecular flexibility index (Phi) is 5.94. The molecule has 0 radical (unpaired) electrons. The molecule has 30 heavy (non-hydrogen) atoms. The molecule has 2 aliphatic heterocycles. The number of benzene rings is 1. The van der Waals surface area contributed by atoms with Gasteiger partial charge in [0.2, 0.25) is 5.79 Å². The molecule has 2 unspecified atom stereocenters. The van der Waals surface area contributed by atoms with Crippen molar-refractivity contribution in [1.82, 2.24) is 15.1 Å². The molecule has 0 amide bonds. The van der Waals surface area contributed by atoms with E-state index < -0.39 is 5.79 Å². The second-order valence-electron chi connectivity index (χ2n) is 7.85. The van der Waals surface area contributed by atoms with E-state index in [1.807, 2.05) is 43.7 Å². The number of nitrogens with two attached hydrogens (primary N) is 1. The topological polar surface area (TPSA) is 89.5 Å². The van der Waals surface area contributed by atoms with Gasteiger partial charge >= 0.3 is 0 Å². The summed E-state index contributed by atoms with van der Waals surface area (Å²) in [6, 6.07) is 6.04. The Morgan fingerprint density at radius 3 is 2.80 bits per heavy atom. The van der Waals surface area contributed by atoms with E-state index in [4.69, 9.17) is 22.1 Å². The molecule has 3 heterocycles. The standard InChI is InChI=1S/C21H26BrClN6O/c1-12-9-16(22)13(2)8-15(12)21(24)25-11-17(23)20(27-21)26-18-10-14(3)29(28-18)19-6-4-5-7-30-19/h8-11,19,27H,4-7,24H2,1-3H3,(H,26,28). The molecule has 0 spiro atoms. The molecule has 1 aromatic carbocycles. The van der Waals surface area contributed by atoms with Crippen LogP contribution in [0.25, 0.3) is 0 Å². The Hall–Kier alpha value is -1.87. The van der Waals surface area contributed by atoms with Crippen LogP contribution in [0.4, 0.5) is 5.82 Å². The van der Waals surface area contributed by atoms with E-state index >= 15 is 0 Å². The lowest BCUT2D eigenvalue weighted by molar-refractivity contribution is -0.0404. The summed E-state index contributed by atoms with van der Waals surface area (Å²) < 4.78 is 8.82. The molecule has 160 valence electrons. The van der Waals surface area contributed by atoms with Crippen LogP contribution in [-0.2, 0) is 10.5 Å². The molecule has 2 aliphatic rings. The lowest BCUT2D eigenvalue weighted by Gasteiger charge is -2.33. The minimum Gasteiger partial charge on any atom is -0.357 e. The molecule has 4 rings (SSSR count). The largest absolute Gasteiger partial charge is 0.357 e. The first kappa shape index (κ1) is 21.4. The van der Waals surface area contributed by atoms with E-state index in [1.54, 1.807) is 6.21 Å². The summed E-state index contributed by atoms with van der Waals surface area (Å²) in [5.41, 5.74) is 10.6. The van der Waals surface area contributed by atoms with Crippen LogP contribution in [0.15, 0.2) is 38.5 Å². The van der Waals surface area contributed by atoms with Crippen LogP contribution in [0, 0.1) is 20.8 Å². The number of halogens is 2. The predicted molar refractivity (Wildman–Crippen MR) is 123 cm³/mol. The van der Waals surface area contributed by atoms with Gasteiger partial charge in [-0.1, -0.05) is 27.5 Å². The van der Waals surface area contributed by atoms with Crippen LogP contribution in [0.1, 0.15) is 47.9 Å². The van der Waals surface area contributed by atoms with Gasteiger partial charge in [0, 0.05) is 34.6 Å². The van der Waals surface area contributed by atoms with E-state index in [1.165, 1.54) is 0 Å². The number of aromatic nitrogens is 2. The van der Waals surface area contributed by atoms with Crippen LogP contribution in [-0.4, -0.2) is 22.6 Å². The fraction of sp³-hybridized carbons (Fsp3) is 0.429. The highest BCUT2D eigenvalue weighted by Gasteiger charge is 2.33. The number of aryl methyl sites for hydroxylation is 3. The fourth-order valence-corrected chi connectivity index (χ4v) is 4.41. The monoisotopic (exact) mass is 492 g/mol. The van der Waals surface area contributed by atoms with E-state index in [-0.39, 0.29) is 6.23 Å². The minimum absolute atomic E-state index is 0.0263. The van der Waals surface area contributed by atoms with Crippen molar-refractivity contribution in [2.24, 2.45) is 10.7 Å².